The minimum absolute atomic E-state index is 0.435. The predicted molar refractivity (Wildman–Crippen MR) is 65.0 cm³/mol. The van der Waals surface area contributed by atoms with Gasteiger partial charge in [0.15, 0.2) is 5.15 Å². The number of imidazole rings is 1. The van der Waals surface area contributed by atoms with Crippen molar-refractivity contribution in [2.45, 2.75) is 25.9 Å². The average molecular weight is 245 g/mol. The molecule has 0 aliphatic carbocycles. The lowest BCUT2D eigenvalue weighted by atomic mass is 10.2. The van der Waals surface area contributed by atoms with E-state index in [-0.39, 0.29) is 0 Å². The van der Waals surface area contributed by atoms with Crippen molar-refractivity contribution in [1.82, 2.24) is 9.55 Å². The van der Waals surface area contributed by atoms with Crippen molar-refractivity contribution in [3.05, 3.63) is 11.0 Å². The van der Waals surface area contributed by atoms with Crippen LogP contribution in [-0.4, -0.2) is 36.0 Å². The van der Waals surface area contributed by atoms with E-state index in [4.69, 9.17) is 17.3 Å². The second-order valence-electron chi connectivity index (χ2n) is 3.91. The number of rotatable bonds is 5. The minimum Gasteiger partial charge on any atom is -0.362 e. The highest BCUT2D eigenvalue weighted by atomic mass is 35.5. The Bertz CT molecular complexity index is 375. The number of nitrogens with zero attached hydrogens (tertiary/aromatic N) is 3. The van der Waals surface area contributed by atoms with Crippen LogP contribution in [0.2, 0.25) is 5.15 Å². The van der Waals surface area contributed by atoms with Gasteiger partial charge in [-0.25, -0.2) is 4.98 Å². The molecular weight excluding hydrogens is 228 g/mol. The van der Waals surface area contributed by atoms with Crippen LogP contribution in [0.3, 0.4) is 0 Å². The van der Waals surface area contributed by atoms with Gasteiger partial charge in [0.2, 0.25) is 0 Å². The molecule has 0 amide bonds. The van der Waals surface area contributed by atoms with E-state index in [0.717, 1.165) is 17.9 Å². The molecule has 1 atom stereocenters. The number of nitrogens with two attached hydrogens (primary N) is 1. The van der Waals surface area contributed by atoms with Gasteiger partial charge in [0.25, 0.3) is 0 Å². The van der Waals surface area contributed by atoms with Crippen molar-refractivity contribution in [3.8, 4) is 0 Å². The number of hydrogen-bond donors (Lipinski definition) is 1. The van der Waals surface area contributed by atoms with Gasteiger partial charge in [-0.1, -0.05) is 11.6 Å². The second kappa shape index (κ2) is 5.32. The number of aldehydes is 1. The number of halogens is 1. The number of anilines is 1. The highest BCUT2D eigenvalue weighted by Gasteiger charge is 2.15. The van der Waals surface area contributed by atoms with Crippen LogP contribution in [0.5, 0.6) is 0 Å². The maximum atomic E-state index is 10.4. The first kappa shape index (κ1) is 13.0. The molecule has 0 radical (unpaired) electrons. The van der Waals surface area contributed by atoms with E-state index in [1.54, 1.807) is 0 Å². The molecule has 5 nitrogen and oxygen atoms in total. The summed E-state index contributed by atoms with van der Waals surface area (Å²) in [5, 5.41) is 0.474. The molecule has 0 aliphatic heterocycles. The molecular formula is C10H17ClN4O. The molecule has 2 N–H and O–H groups in total. The summed E-state index contributed by atoms with van der Waals surface area (Å²) in [4.78, 5) is 16.5. The topological polar surface area (TPSA) is 64.2 Å². The van der Waals surface area contributed by atoms with Gasteiger partial charge >= 0.3 is 0 Å². The monoisotopic (exact) mass is 244 g/mol. The Kier molecular flexibility index (Phi) is 4.32. The third-order valence-electron chi connectivity index (χ3n) is 2.38. The molecule has 0 spiro atoms. The normalized spacial score (nSPS) is 12.6. The standard InChI is InChI=1S/C10H17ClN4O/c1-7-13-9(11)10(14(2)3)15(7)5-4-8(12)6-16/h6,8H,4-5,12H2,1-3H3. The number of carbonyl (C=O) groups excluding carboxylic acids is 1. The van der Waals surface area contributed by atoms with Gasteiger partial charge in [-0.05, 0) is 13.3 Å². The van der Waals surface area contributed by atoms with E-state index in [9.17, 15) is 4.79 Å². The first-order chi connectivity index (χ1) is 7.47. The van der Waals surface area contributed by atoms with E-state index in [1.165, 1.54) is 0 Å². The molecule has 0 saturated heterocycles. The highest BCUT2D eigenvalue weighted by molar-refractivity contribution is 6.31. The minimum atomic E-state index is -0.435. The largest absolute Gasteiger partial charge is 0.362 e. The molecule has 0 bridgehead atoms. The Morgan fingerprint density at radius 2 is 2.25 bits per heavy atom. The van der Waals surface area contributed by atoms with Crippen molar-refractivity contribution in [2.24, 2.45) is 5.73 Å². The zero-order valence-corrected chi connectivity index (χ0v) is 10.5. The van der Waals surface area contributed by atoms with Gasteiger partial charge in [0, 0.05) is 20.6 Å². The Labute approximate surface area is 100 Å². The summed E-state index contributed by atoms with van der Waals surface area (Å²) in [5.74, 6) is 1.67. The van der Waals surface area contributed by atoms with E-state index in [1.807, 2.05) is 30.5 Å². The maximum absolute atomic E-state index is 10.4. The Morgan fingerprint density at radius 3 is 2.75 bits per heavy atom. The molecule has 0 fully saturated rings. The number of aryl methyl sites for hydroxylation is 1. The SMILES string of the molecule is Cc1nc(Cl)c(N(C)C)n1CCC(N)C=O. The Balaban J connectivity index is 2.89. The molecule has 6 heteroatoms. The van der Waals surface area contributed by atoms with Crippen LogP contribution in [0, 0.1) is 6.92 Å². The predicted octanol–water partition coefficient (Wildman–Crippen LogP) is 0.827. The van der Waals surface area contributed by atoms with Gasteiger partial charge in [0.1, 0.15) is 17.9 Å². The molecule has 1 heterocycles. The zero-order valence-electron chi connectivity index (χ0n) is 9.77. The van der Waals surface area contributed by atoms with Crippen LogP contribution in [0.1, 0.15) is 12.2 Å². The summed E-state index contributed by atoms with van der Waals surface area (Å²) in [5.41, 5.74) is 5.56. The van der Waals surface area contributed by atoms with Gasteiger partial charge in [-0.2, -0.15) is 0 Å². The lowest BCUT2D eigenvalue weighted by Gasteiger charge is -2.17. The second-order valence-corrected chi connectivity index (χ2v) is 4.27. The summed E-state index contributed by atoms with van der Waals surface area (Å²) >= 11 is 6.02. The number of aromatic nitrogens is 2. The van der Waals surface area contributed by atoms with Crippen LogP contribution < -0.4 is 10.6 Å². The number of carbonyl (C=O) groups is 1. The first-order valence-electron chi connectivity index (χ1n) is 5.08. The molecule has 0 aliphatic rings. The van der Waals surface area contributed by atoms with E-state index in [0.29, 0.717) is 18.1 Å². The van der Waals surface area contributed by atoms with Gasteiger partial charge in [-0.15, -0.1) is 0 Å². The molecule has 16 heavy (non-hydrogen) atoms. The van der Waals surface area contributed by atoms with Crippen LogP contribution in [0.15, 0.2) is 0 Å². The smallest absolute Gasteiger partial charge is 0.171 e. The number of hydrogen-bond acceptors (Lipinski definition) is 4. The molecule has 1 aromatic rings. The zero-order chi connectivity index (χ0) is 12.3. The van der Waals surface area contributed by atoms with E-state index in [2.05, 4.69) is 4.98 Å². The van der Waals surface area contributed by atoms with Gasteiger partial charge in [0.05, 0.1) is 6.04 Å². The van der Waals surface area contributed by atoms with Gasteiger partial charge in [-0.3, -0.25) is 0 Å². The van der Waals surface area contributed by atoms with E-state index < -0.39 is 6.04 Å². The Hall–Kier alpha value is -1.07. The summed E-state index contributed by atoms with van der Waals surface area (Å²) < 4.78 is 1.96. The summed E-state index contributed by atoms with van der Waals surface area (Å²) in [7, 11) is 3.80. The molecule has 0 aromatic carbocycles. The van der Waals surface area contributed by atoms with Crippen molar-refractivity contribution in [2.75, 3.05) is 19.0 Å². The molecule has 1 rings (SSSR count). The van der Waals surface area contributed by atoms with Crippen molar-refractivity contribution in [3.63, 3.8) is 0 Å². The fourth-order valence-electron chi connectivity index (χ4n) is 1.56. The van der Waals surface area contributed by atoms with Gasteiger partial charge < -0.3 is 20.0 Å². The Morgan fingerprint density at radius 1 is 1.62 bits per heavy atom. The molecule has 90 valence electrons. The van der Waals surface area contributed by atoms with Crippen molar-refractivity contribution in [1.29, 1.82) is 0 Å². The van der Waals surface area contributed by atoms with Crippen LogP contribution >= 0.6 is 11.6 Å². The third kappa shape index (κ3) is 2.74. The fraction of sp³-hybridized carbons (Fsp3) is 0.600. The quantitative estimate of drug-likeness (QED) is 0.780. The lowest BCUT2D eigenvalue weighted by molar-refractivity contribution is -0.109. The summed E-state index contributed by atoms with van der Waals surface area (Å²) in [6, 6.07) is -0.435. The first-order valence-corrected chi connectivity index (χ1v) is 5.46. The average Bonchev–Trinajstić information content (AvgIpc) is 2.49. The highest BCUT2D eigenvalue weighted by Crippen LogP contribution is 2.25. The fourth-order valence-corrected chi connectivity index (χ4v) is 1.95. The summed E-state index contributed by atoms with van der Waals surface area (Å²) in [6.07, 6.45) is 1.33. The molecule has 1 unspecified atom stereocenters. The molecule has 0 saturated carbocycles. The van der Waals surface area contributed by atoms with Crippen LogP contribution in [0.25, 0.3) is 0 Å². The van der Waals surface area contributed by atoms with Crippen molar-refractivity contribution < 1.29 is 4.79 Å². The molecule has 1 aromatic heterocycles. The third-order valence-corrected chi connectivity index (χ3v) is 2.63. The van der Waals surface area contributed by atoms with Crippen molar-refractivity contribution >= 4 is 23.7 Å². The lowest BCUT2D eigenvalue weighted by Crippen LogP contribution is -2.24. The van der Waals surface area contributed by atoms with Crippen LogP contribution in [-0.2, 0) is 11.3 Å². The van der Waals surface area contributed by atoms with Crippen LogP contribution in [0.4, 0.5) is 5.82 Å². The van der Waals surface area contributed by atoms with E-state index >= 15 is 0 Å². The maximum Gasteiger partial charge on any atom is 0.171 e. The summed E-state index contributed by atoms with van der Waals surface area (Å²) in [6.45, 7) is 2.52.